The summed E-state index contributed by atoms with van der Waals surface area (Å²) in [4.78, 5) is 0. The number of rotatable bonds is 0. The van der Waals surface area contributed by atoms with Crippen LogP contribution in [0.1, 0.15) is 11.1 Å². The second-order valence-electron chi connectivity index (χ2n) is 3.94. The van der Waals surface area contributed by atoms with Crippen LogP contribution in [0.5, 0.6) is 11.5 Å². The molecule has 1 aliphatic rings. The zero-order chi connectivity index (χ0) is 10.3. The first kappa shape index (κ1) is 9.09. The Kier molecular flexibility index (Phi) is 2.09. The fourth-order valence-electron chi connectivity index (χ4n) is 2.06. The van der Waals surface area contributed by atoms with Crippen LogP contribution in [0.25, 0.3) is 0 Å². The fourth-order valence-corrected chi connectivity index (χ4v) is 2.06. The maximum absolute atomic E-state index is 5.86. The topological polar surface area (TPSA) is 9.23 Å². The summed E-state index contributed by atoms with van der Waals surface area (Å²) < 4.78 is 7.17. The molecule has 0 amide bonds. The summed E-state index contributed by atoms with van der Waals surface area (Å²) in [6.07, 6.45) is 0.984. The molecule has 0 saturated heterocycles. The van der Waals surface area contributed by atoms with Crippen molar-refractivity contribution in [2.24, 2.45) is 0 Å². The molecular formula is C13H9LiO. The van der Waals surface area contributed by atoms with Crippen molar-refractivity contribution in [1.29, 1.82) is 0 Å². The second kappa shape index (κ2) is 3.45. The predicted octanol–water partition coefficient (Wildman–Crippen LogP) is 2.18. The third kappa shape index (κ3) is 1.49. The third-order valence-corrected chi connectivity index (χ3v) is 2.93. The zero-order valence-corrected chi connectivity index (χ0v) is 8.66. The van der Waals surface area contributed by atoms with E-state index in [-0.39, 0.29) is 0 Å². The van der Waals surface area contributed by atoms with Crippen LogP contribution in [-0.4, -0.2) is 17.7 Å². The molecule has 1 aliphatic heterocycles. The van der Waals surface area contributed by atoms with E-state index in [4.69, 9.17) is 4.74 Å². The molecule has 0 bridgehead atoms. The Labute approximate surface area is 98.3 Å². The van der Waals surface area contributed by atoms with Crippen LogP contribution in [0.4, 0.5) is 0 Å². The maximum atomic E-state index is 5.86. The molecule has 0 aliphatic carbocycles. The first-order valence-corrected chi connectivity index (χ1v) is 5.19. The molecule has 1 heterocycles. The van der Waals surface area contributed by atoms with Gasteiger partial charge in [-0.3, -0.25) is 0 Å². The van der Waals surface area contributed by atoms with Crippen molar-refractivity contribution in [3.63, 3.8) is 0 Å². The quantitative estimate of drug-likeness (QED) is 0.491. The molecule has 2 aromatic rings. The summed E-state index contributed by atoms with van der Waals surface area (Å²) in [5.74, 6) is 2.00. The van der Waals surface area contributed by atoms with Crippen LogP contribution in [-0.2, 0) is 6.42 Å². The van der Waals surface area contributed by atoms with Crippen LogP contribution in [0.15, 0.2) is 42.5 Å². The van der Waals surface area contributed by atoms with Crippen molar-refractivity contribution in [2.45, 2.75) is 6.42 Å². The normalized spacial score (nSPS) is 12.7. The van der Waals surface area contributed by atoms with E-state index in [2.05, 4.69) is 35.9 Å². The van der Waals surface area contributed by atoms with E-state index in [0.29, 0.717) is 0 Å². The summed E-state index contributed by atoms with van der Waals surface area (Å²) in [6, 6.07) is 14.5. The fraction of sp³-hybridized carbons (Fsp3) is 0.0769. The Hall–Kier alpha value is -1.16. The Morgan fingerprint density at radius 1 is 0.933 bits per heavy atom. The molecule has 3 rings (SSSR count). The average Bonchev–Trinajstić information content (AvgIpc) is 2.27. The first-order chi connectivity index (χ1) is 7.34. The van der Waals surface area contributed by atoms with Gasteiger partial charge in [0.1, 0.15) is 0 Å². The van der Waals surface area contributed by atoms with Gasteiger partial charge in [-0.1, -0.05) is 0 Å². The monoisotopic (exact) mass is 188 g/mol. The summed E-state index contributed by atoms with van der Waals surface area (Å²) >= 11 is 2.14. The van der Waals surface area contributed by atoms with Gasteiger partial charge in [-0.15, -0.1) is 0 Å². The summed E-state index contributed by atoms with van der Waals surface area (Å²) in [6.45, 7) is 0. The SMILES string of the molecule is [Li][c]1cccc2c1Cc1ccccc1O2. The van der Waals surface area contributed by atoms with Gasteiger partial charge in [0.25, 0.3) is 0 Å². The van der Waals surface area contributed by atoms with E-state index < -0.39 is 0 Å². The van der Waals surface area contributed by atoms with Gasteiger partial charge in [0, 0.05) is 0 Å². The van der Waals surface area contributed by atoms with Gasteiger partial charge in [0.05, 0.1) is 0 Å². The Balaban J connectivity index is 2.15. The molecule has 0 fully saturated rings. The summed E-state index contributed by atoms with van der Waals surface area (Å²) in [5.41, 5.74) is 2.59. The Bertz CT molecular complexity index is 520. The van der Waals surface area contributed by atoms with Gasteiger partial charge in [0.2, 0.25) is 0 Å². The molecular weight excluding hydrogens is 179 g/mol. The van der Waals surface area contributed by atoms with E-state index in [1.54, 1.807) is 0 Å². The van der Waals surface area contributed by atoms with E-state index in [0.717, 1.165) is 17.9 Å². The van der Waals surface area contributed by atoms with Crippen LogP contribution in [0.2, 0.25) is 0 Å². The zero-order valence-electron chi connectivity index (χ0n) is 8.66. The van der Waals surface area contributed by atoms with Gasteiger partial charge in [-0.2, -0.15) is 0 Å². The van der Waals surface area contributed by atoms with E-state index in [1.165, 1.54) is 15.4 Å². The molecule has 2 aromatic carbocycles. The van der Waals surface area contributed by atoms with Gasteiger partial charge in [0.15, 0.2) is 0 Å². The van der Waals surface area contributed by atoms with Crippen molar-refractivity contribution in [2.75, 3.05) is 0 Å². The molecule has 0 saturated carbocycles. The van der Waals surface area contributed by atoms with Crippen molar-refractivity contribution < 1.29 is 4.74 Å². The van der Waals surface area contributed by atoms with Crippen molar-refractivity contribution in [3.05, 3.63) is 53.6 Å². The molecule has 0 N–H and O–H groups in total. The van der Waals surface area contributed by atoms with Crippen molar-refractivity contribution >= 4 is 22.0 Å². The molecule has 0 atom stereocenters. The molecule has 1 nitrogen and oxygen atoms in total. The molecule has 0 radical (unpaired) electrons. The third-order valence-electron chi connectivity index (χ3n) is 2.93. The summed E-state index contributed by atoms with van der Waals surface area (Å²) in [5, 5.41) is 0. The molecule has 15 heavy (non-hydrogen) atoms. The minimum atomic E-state index is 0.984. The number of hydrogen-bond acceptors (Lipinski definition) is 1. The average molecular weight is 188 g/mol. The van der Waals surface area contributed by atoms with Crippen molar-refractivity contribution in [1.82, 2.24) is 0 Å². The van der Waals surface area contributed by atoms with E-state index in [1.807, 2.05) is 24.3 Å². The van der Waals surface area contributed by atoms with Crippen LogP contribution < -0.4 is 8.97 Å². The molecule has 0 unspecified atom stereocenters. The molecule has 0 spiro atoms. The number of fused-ring (bicyclic) bond motifs is 2. The molecule has 0 aromatic heterocycles. The van der Waals surface area contributed by atoms with Crippen LogP contribution in [0.3, 0.4) is 0 Å². The van der Waals surface area contributed by atoms with Crippen LogP contribution in [0, 0.1) is 0 Å². The summed E-state index contributed by atoms with van der Waals surface area (Å²) in [7, 11) is 0. The van der Waals surface area contributed by atoms with E-state index >= 15 is 0 Å². The van der Waals surface area contributed by atoms with Gasteiger partial charge in [-0.05, 0) is 0 Å². The number of para-hydroxylation sites is 1. The van der Waals surface area contributed by atoms with Gasteiger partial charge >= 0.3 is 98.2 Å². The Morgan fingerprint density at radius 2 is 1.73 bits per heavy atom. The van der Waals surface area contributed by atoms with Crippen LogP contribution >= 0.6 is 0 Å². The molecule has 2 heteroatoms. The number of hydrogen-bond donors (Lipinski definition) is 0. The number of ether oxygens (including phenoxy) is 1. The van der Waals surface area contributed by atoms with E-state index in [9.17, 15) is 0 Å². The van der Waals surface area contributed by atoms with Gasteiger partial charge in [-0.25, -0.2) is 0 Å². The number of benzene rings is 2. The van der Waals surface area contributed by atoms with Crippen molar-refractivity contribution in [3.8, 4) is 11.5 Å². The second-order valence-corrected chi connectivity index (χ2v) is 3.94. The van der Waals surface area contributed by atoms with Gasteiger partial charge < -0.3 is 0 Å². The first-order valence-electron chi connectivity index (χ1n) is 5.19. The Morgan fingerprint density at radius 3 is 2.67 bits per heavy atom. The predicted molar refractivity (Wildman–Crippen MR) is 61.2 cm³/mol. The minimum absolute atomic E-state index is 0.984. The molecule has 68 valence electrons. The standard InChI is InChI=1S/C13H9O.Li/c1-3-7-12-10(5-1)9-11-6-2-4-8-13(11)14-12;/h1-5,7-8H,9H2;.